The number of hydrogen-bond donors (Lipinski definition) is 4. The third kappa shape index (κ3) is 6.28. The molecule has 1 saturated heterocycles. The number of carbonyl (C=O) groups is 2. The number of carbonyl (C=O) groups excluding carboxylic acids is 2. The Morgan fingerprint density at radius 1 is 0.966 bits per heavy atom. The van der Waals surface area contributed by atoms with Gasteiger partial charge in [0, 0.05) is 11.7 Å². The summed E-state index contributed by atoms with van der Waals surface area (Å²) in [6.07, 6.45) is 4.87. The van der Waals surface area contributed by atoms with Crippen molar-refractivity contribution in [3.05, 3.63) is 29.3 Å². The van der Waals surface area contributed by atoms with Gasteiger partial charge in [-0.15, -0.1) is 0 Å². The molecule has 0 bridgehead atoms. The van der Waals surface area contributed by atoms with Gasteiger partial charge in [0.05, 0.1) is 0 Å². The van der Waals surface area contributed by atoms with E-state index >= 15 is 0 Å². The van der Waals surface area contributed by atoms with E-state index in [1.807, 2.05) is 19.1 Å². The molecule has 1 aliphatic carbocycles. The maximum absolute atomic E-state index is 12.5. The number of aryl methyl sites for hydroxylation is 1. The zero-order valence-corrected chi connectivity index (χ0v) is 18.3. The largest absolute Gasteiger partial charge is 0.348 e. The zero-order chi connectivity index (χ0) is 20.8. The van der Waals surface area contributed by atoms with Crippen molar-refractivity contribution in [2.75, 3.05) is 44.6 Å². The topological polar surface area (TPSA) is 67.1 Å². The Kier molecular flexibility index (Phi) is 7.67. The summed E-state index contributed by atoms with van der Waals surface area (Å²) in [5, 5.41) is 6.33. The molecular formula is C23H38N4O2+2. The van der Waals surface area contributed by atoms with Crippen molar-refractivity contribution < 1.29 is 19.4 Å². The van der Waals surface area contributed by atoms with E-state index in [-0.39, 0.29) is 11.8 Å². The van der Waals surface area contributed by atoms with Crippen LogP contribution < -0.4 is 20.4 Å². The van der Waals surface area contributed by atoms with Crippen molar-refractivity contribution in [2.45, 2.75) is 52.5 Å². The molecule has 6 nitrogen and oxygen atoms in total. The third-order valence-corrected chi connectivity index (χ3v) is 6.82. The van der Waals surface area contributed by atoms with Crippen LogP contribution in [0.5, 0.6) is 0 Å². The van der Waals surface area contributed by atoms with Crippen LogP contribution in [0.4, 0.5) is 5.69 Å². The first-order chi connectivity index (χ1) is 13.9. The molecule has 29 heavy (non-hydrogen) atoms. The fraction of sp³-hybridized carbons (Fsp3) is 0.652. The van der Waals surface area contributed by atoms with E-state index in [0.29, 0.717) is 25.0 Å². The molecule has 0 spiro atoms. The summed E-state index contributed by atoms with van der Waals surface area (Å²) < 4.78 is 0. The van der Waals surface area contributed by atoms with Gasteiger partial charge in [0.1, 0.15) is 26.2 Å². The predicted octanol–water partition coefficient (Wildman–Crippen LogP) is -0.280. The highest BCUT2D eigenvalue weighted by atomic mass is 16.2. The highest BCUT2D eigenvalue weighted by Crippen LogP contribution is 2.23. The summed E-state index contributed by atoms with van der Waals surface area (Å²) >= 11 is 0. The smallest absolute Gasteiger partial charge is 0.279 e. The van der Waals surface area contributed by atoms with Gasteiger partial charge in [-0.2, -0.15) is 0 Å². The highest BCUT2D eigenvalue weighted by Gasteiger charge is 2.28. The standard InChI is InChI=1S/C23H36N4O2/c1-17-8-6-10-21(19(17)3)25-23(29)16-27-13-11-26(12-14-27)15-22(28)24-20-9-5-4-7-18(20)2/h6,8,10,18,20H,4-5,7,9,11-16H2,1-3H3,(H,24,28)(H,25,29)/p+2/t18-,20+/m0/s1. The van der Waals surface area contributed by atoms with Crippen LogP contribution in [-0.4, -0.2) is 57.1 Å². The summed E-state index contributed by atoms with van der Waals surface area (Å²) in [5.41, 5.74) is 3.23. The zero-order valence-electron chi connectivity index (χ0n) is 18.3. The second-order valence-electron chi connectivity index (χ2n) is 9.08. The number of benzene rings is 1. The molecule has 1 aromatic rings. The molecule has 2 atom stereocenters. The second kappa shape index (κ2) is 10.2. The van der Waals surface area contributed by atoms with E-state index in [4.69, 9.17) is 0 Å². The lowest BCUT2D eigenvalue weighted by molar-refractivity contribution is -1.00. The fourth-order valence-corrected chi connectivity index (χ4v) is 4.63. The van der Waals surface area contributed by atoms with Gasteiger partial charge in [0.2, 0.25) is 0 Å². The Morgan fingerprint density at radius 2 is 1.59 bits per heavy atom. The quantitative estimate of drug-likeness (QED) is 0.529. The van der Waals surface area contributed by atoms with Crippen molar-refractivity contribution in [1.29, 1.82) is 0 Å². The van der Waals surface area contributed by atoms with Gasteiger partial charge in [0.25, 0.3) is 11.8 Å². The molecule has 2 fully saturated rings. The SMILES string of the molecule is Cc1cccc(NC(=O)C[NH+]2CC[NH+](CC(=O)N[C@@H]3CCCC[C@@H]3C)CC2)c1C. The molecule has 4 N–H and O–H groups in total. The van der Waals surface area contributed by atoms with Gasteiger partial charge >= 0.3 is 0 Å². The number of nitrogens with one attached hydrogen (secondary N) is 4. The van der Waals surface area contributed by atoms with Gasteiger partial charge < -0.3 is 20.4 Å². The monoisotopic (exact) mass is 402 g/mol. The molecule has 1 aromatic carbocycles. The van der Waals surface area contributed by atoms with Crippen molar-refractivity contribution in [2.24, 2.45) is 5.92 Å². The fourth-order valence-electron chi connectivity index (χ4n) is 4.63. The highest BCUT2D eigenvalue weighted by molar-refractivity contribution is 5.92. The molecule has 1 aliphatic heterocycles. The average Bonchev–Trinajstić information content (AvgIpc) is 2.69. The summed E-state index contributed by atoms with van der Waals surface area (Å²) in [7, 11) is 0. The molecule has 2 aliphatic rings. The number of piperazine rings is 1. The molecular weight excluding hydrogens is 364 g/mol. The lowest BCUT2D eigenvalue weighted by atomic mass is 9.86. The van der Waals surface area contributed by atoms with Crippen molar-refractivity contribution >= 4 is 17.5 Å². The minimum atomic E-state index is 0.0705. The Hall–Kier alpha value is -1.92. The number of hydrogen-bond acceptors (Lipinski definition) is 2. The van der Waals surface area contributed by atoms with Crippen LogP contribution in [0.1, 0.15) is 43.7 Å². The van der Waals surface area contributed by atoms with E-state index < -0.39 is 0 Å². The van der Waals surface area contributed by atoms with Crippen LogP contribution in [0.2, 0.25) is 0 Å². The first-order valence-electron chi connectivity index (χ1n) is 11.2. The number of amides is 2. The van der Waals surface area contributed by atoms with Gasteiger partial charge in [-0.25, -0.2) is 0 Å². The molecule has 2 amide bonds. The van der Waals surface area contributed by atoms with Gasteiger partial charge in [-0.1, -0.05) is 31.9 Å². The van der Waals surface area contributed by atoms with Crippen molar-refractivity contribution in [3.8, 4) is 0 Å². The molecule has 6 heteroatoms. The Morgan fingerprint density at radius 3 is 2.24 bits per heavy atom. The Labute approximate surface area is 175 Å². The van der Waals surface area contributed by atoms with Crippen LogP contribution in [-0.2, 0) is 9.59 Å². The molecule has 3 rings (SSSR count). The van der Waals surface area contributed by atoms with Crippen molar-refractivity contribution in [3.63, 3.8) is 0 Å². The number of quaternary nitrogens is 2. The van der Waals surface area contributed by atoms with Crippen LogP contribution >= 0.6 is 0 Å². The lowest BCUT2D eigenvalue weighted by Gasteiger charge is -2.31. The number of rotatable bonds is 6. The van der Waals surface area contributed by atoms with Gasteiger partial charge in [0.15, 0.2) is 13.1 Å². The molecule has 0 radical (unpaired) electrons. The van der Waals surface area contributed by atoms with E-state index in [0.717, 1.165) is 43.9 Å². The lowest BCUT2D eigenvalue weighted by Crippen LogP contribution is -3.28. The summed E-state index contributed by atoms with van der Waals surface area (Å²) in [5.74, 6) is 0.857. The first kappa shape index (κ1) is 21.8. The summed E-state index contributed by atoms with van der Waals surface area (Å²) in [6.45, 7) is 11.2. The molecule has 160 valence electrons. The van der Waals surface area contributed by atoms with Gasteiger partial charge in [-0.3, -0.25) is 9.59 Å². The second-order valence-corrected chi connectivity index (χ2v) is 9.08. The minimum Gasteiger partial charge on any atom is -0.348 e. The summed E-state index contributed by atoms with van der Waals surface area (Å²) in [4.78, 5) is 27.5. The number of anilines is 1. The average molecular weight is 403 g/mol. The minimum absolute atomic E-state index is 0.0705. The maximum Gasteiger partial charge on any atom is 0.279 e. The van der Waals surface area contributed by atoms with E-state index in [2.05, 4.69) is 30.5 Å². The molecule has 0 aromatic heterocycles. The Bertz CT molecular complexity index is 713. The normalized spacial score (nSPS) is 27.3. The van der Waals surface area contributed by atoms with Crippen LogP contribution in [0, 0.1) is 19.8 Å². The van der Waals surface area contributed by atoms with E-state index in [1.54, 1.807) is 0 Å². The summed E-state index contributed by atoms with van der Waals surface area (Å²) in [6, 6.07) is 6.36. The third-order valence-electron chi connectivity index (χ3n) is 6.82. The van der Waals surface area contributed by atoms with Gasteiger partial charge in [-0.05, 0) is 49.8 Å². The predicted molar refractivity (Wildman–Crippen MR) is 115 cm³/mol. The van der Waals surface area contributed by atoms with Crippen LogP contribution in [0.25, 0.3) is 0 Å². The van der Waals surface area contributed by atoms with Crippen LogP contribution in [0.3, 0.4) is 0 Å². The molecule has 1 saturated carbocycles. The van der Waals surface area contributed by atoms with Crippen molar-refractivity contribution in [1.82, 2.24) is 5.32 Å². The van der Waals surface area contributed by atoms with E-state index in [1.165, 1.54) is 34.6 Å². The first-order valence-corrected chi connectivity index (χ1v) is 11.2. The molecule has 0 unspecified atom stereocenters. The van der Waals surface area contributed by atoms with E-state index in [9.17, 15) is 9.59 Å². The Balaban J connectivity index is 1.38. The van der Waals surface area contributed by atoms with Crippen LogP contribution in [0.15, 0.2) is 18.2 Å². The molecule has 1 heterocycles. The maximum atomic E-state index is 12.5.